The largest absolute Gasteiger partial charge is 0.463 e. The fraction of sp³-hybridized carbons (Fsp3) is 0.654. The van der Waals surface area contributed by atoms with Crippen LogP contribution in [-0.4, -0.2) is 23.9 Å². The third-order valence-corrected chi connectivity index (χ3v) is 13.7. The zero-order chi connectivity index (χ0) is 21.4. The monoisotopic (exact) mass is 446 g/mol. The highest BCUT2D eigenvalue weighted by atomic mass is 32.4. The standard InChI is InChI=1S/C26H39O2PS/c1-3-4-19-28-26(27)18-17-22-16-15-21(2)20-25(22)29(30,23-11-7-5-8-12-23)24-13-9-6-10-14-24/h15-18,20,23-24H,3-14,19H2,1-2H3/b18-17+. The summed E-state index contributed by atoms with van der Waals surface area (Å²) in [6.45, 7) is 4.78. The third-order valence-electron chi connectivity index (χ3n) is 6.94. The van der Waals surface area contributed by atoms with Gasteiger partial charge in [-0.2, -0.15) is 0 Å². The van der Waals surface area contributed by atoms with Crippen LogP contribution in [0.3, 0.4) is 0 Å². The molecule has 2 nitrogen and oxygen atoms in total. The summed E-state index contributed by atoms with van der Waals surface area (Å²) in [5.74, 6) is -0.237. The Balaban J connectivity index is 1.95. The molecule has 0 aromatic heterocycles. The van der Waals surface area contributed by atoms with Crippen LogP contribution in [0.4, 0.5) is 0 Å². The first-order valence-corrected chi connectivity index (χ1v) is 15.0. The van der Waals surface area contributed by atoms with Gasteiger partial charge in [-0.3, -0.25) is 0 Å². The van der Waals surface area contributed by atoms with Crippen LogP contribution in [-0.2, 0) is 21.3 Å². The van der Waals surface area contributed by atoms with Crippen molar-refractivity contribution in [3.8, 4) is 0 Å². The first kappa shape index (κ1) is 23.7. The van der Waals surface area contributed by atoms with E-state index < -0.39 is 6.04 Å². The molecule has 0 aliphatic heterocycles. The second kappa shape index (κ2) is 11.6. The summed E-state index contributed by atoms with van der Waals surface area (Å²) in [5.41, 5.74) is 3.80. The topological polar surface area (TPSA) is 26.3 Å². The molecule has 2 fully saturated rings. The van der Waals surface area contributed by atoms with Gasteiger partial charge in [0.15, 0.2) is 0 Å². The van der Waals surface area contributed by atoms with Crippen LogP contribution < -0.4 is 5.30 Å². The van der Waals surface area contributed by atoms with E-state index in [1.807, 2.05) is 6.08 Å². The quantitative estimate of drug-likeness (QED) is 0.184. The highest BCUT2D eigenvalue weighted by molar-refractivity contribution is 8.19. The average Bonchev–Trinajstić information content (AvgIpc) is 2.79. The summed E-state index contributed by atoms with van der Waals surface area (Å²) in [6, 6.07) is 4.97. The van der Waals surface area contributed by atoms with Crippen LogP contribution in [0.5, 0.6) is 0 Å². The molecule has 2 aliphatic rings. The number of esters is 1. The van der Waals surface area contributed by atoms with Gasteiger partial charge in [0.1, 0.15) is 0 Å². The summed E-state index contributed by atoms with van der Waals surface area (Å²) in [5, 5.41) is 1.40. The highest BCUT2D eigenvalue weighted by Gasteiger charge is 2.39. The van der Waals surface area contributed by atoms with E-state index >= 15 is 0 Å². The molecule has 0 unspecified atom stereocenters. The Morgan fingerprint density at radius 1 is 1.07 bits per heavy atom. The Bertz CT molecular complexity index is 751. The Hall–Kier alpha value is -0.920. The first-order chi connectivity index (χ1) is 14.6. The van der Waals surface area contributed by atoms with Gasteiger partial charge in [0.25, 0.3) is 0 Å². The number of rotatable bonds is 8. The maximum absolute atomic E-state index is 12.2. The van der Waals surface area contributed by atoms with E-state index in [0.29, 0.717) is 17.9 Å². The number of aryl methyl sites for hydroxylation is 1. The van der Waals surface area contributed by atoms with E-state index in [-0.39, 0.29) is 5.97 Å². The number of hydrogen-bond donors (Lipinski definition) is 0. The number of benzene rings is 1. The molecule has 30 heavy (non-hydrogen) atoms. The van der Waals surface area contributed by atoms with Crippen molar-refractivity contribution in [2.75, 3.05) is 6.61 Å². The van der Waals surface area contributed by atoms with Gasteiger partial charge in [-0.1, -0.05) is 87.4 Å². The van der Waals surface area contributed by atoms with Crippen LogP contribution in [0.2, 0.25) is 0 Å². The number of ether oxygens (including phenoxy) is 1. The summed E-state index contributed by atoms with van der Waals surface area (Å²) in [6.07, 6.45) is 18.8. The maximum Gasteiger partial charge on any atom is 0.330 e. The summed E-state index contributed by atoms with van der Waals surface area (Å²) in [4.78, 5) is 12.2. The maximum atomic E-state index is 12.2. The number of unbranched alkanes of at least 4 members (excludes halogenated alkanes) is 1. The first-order valence-electron chi connectivity index (χ1n) is 12.1. The van der Waals surface area contributed by atoms with Crippen molar-refractivity contribution in [2.45, 2.75) is 102 Å². The van der Waals surface area contributed by atoms with Crippen molar-refractivity contribution in [3.05, 3.63) is 35.4 Å². The molecule has 1 aromatic rings. The van der Waals surface area contributed by atoms with Gasteiger partial charge in [-0.15, -0.1) is 0 Å². The number of carbonyl (C=O) groups excluding carboxylic acids is 1. The summed E-state index contributed by atoms with van der Waals surface area (Å²) >= 11 is 6.78. The lowest BCUT2D eigenvalue weighted by molar-refractivity contribution is -0.137. The average molecular weight is 447 g/mol. The van der Waals surface area contributed by atoms with E-state index in [0.717, 1.165) is 18.4 Å². The summed E-state index contributed by atoms with van der Waals surface area (Å²) < 4.78 is 5.34. The molecular formula is C26H39O2PS. The Morgan fingerprint density at radius 2 is 1.67 bits per heavy atom. The molecule has 0 amide bonds. The van der Waals surface area contributed by atoms with Crippen molar-refractivity contribution in [1.29, 1.82) is 0 Å². The van der Waals surface area contributed by atoms with Gasteiger partial charge >= 0.3 is 5.97 Å². The van der Waals surface area contributed by atoms with Crippen LogP contribution >= 0.6 is 6.04 Å². The van der Waals surface area contributed by atoms with E-state index in [4.69, 9.17) is 16.5 Å². The van der Waals surface area contributed by atoms with Crippen molar-refractivity contribution in [1.82, 2.24) is 0 Å². The fourth-order valence-corrected chi connectivity index (χ4v) is 11.6. The lowest BCUT2D eigenvalue weighted by atomic mass is 9.99. The molecular weight excluding hydrogens is 407 g/mol. The van der Waals surface area contributed by atoms with E-state index in [1.165, 1.54) is 75.1 Å². The van der Waals surface area contributed by atoms with E-state index in [9.17, 15) is 4.79 Å². The fourth-order valence-electron chi connectivity index (χ4n) is 5.24. The molecule has 0 bridgehead atoms. The van der Waals surface area contributed by atoms with E-state index in [2.05, 4.69) is 32.0 Å². The minimum absolute atomic E-state index is 0.237. The molecule has 4 heteroatoms. The Kier molecular flexibility index (Phi) is 9.20. The van der Waals surface area contributed by atoms with Crippen molar-refractivity contribution < 1.29 is 9.53 Å². The number of carbonyl (C=O) groups is 1. The van der Waals surface area contributed by atoms with Gasteiger partial charge in [0.05, 0.1) is 6.61 Å². The molecule has 2 saturated carbocycles. The van der Waals surface area contributed by atoms with Crippen LogP contribution in [0.1, 0.15) is 95.1 Å². The van der Waals surface area contributed by atoms with Gasteiger partial charge in [0.2, 0.25) is 0 Å². The van der Waals surface area contributed by atoms with Crippen molar-refractivity contribution in [3.63, 3.8) is 0 Å². The van der Waals surface area contributed by atoms with Gasteiger partial charge < -0.3 is 4.74 Å². The van der Waals surface area contributed by atoms with Gasteiger partial charge in [-0.25, -0.2) is 4.79 Å². The zero-order valence-corrected chi connectivity index (χ0v) is 20.6. The third kappa shape index (κ3) is 5.86. The lowest BCUT2D eigenvalue weighted by Crippen LogP contribution is -2.30. The second-order valence-corrected chi connectivity index (χ2v) is 14.4. The smallest absolute Gasteiger partial charge is 0.330 e. The second-order valence-electron chi connectivity index (χ2n) is 9.21. The SMILES string of the molecule is CCCCOC(=O)/C=C/c1ccc(C)cc1P(=S)(C1CCCCC1)C1CCCCC1. The molecule has 0 spiro atoms. The van der Waals surface area contributed by atoms with E-state index in [1.54, 1.807) is 6.08 Å². The van der Waals surface area contributed by atoms with Crippen LogP contribution in [0.15, 0.2) is 24.3 Å². The molecule has 0 heterocycles. The lowest BCUT2D eigenvalue weighted by Gasteiger charge is -2.42. The summed E-state index contributed by atoms with van der Waals surface area (Å²) in [7, 11) is 0. The molecule has 1 aromatic carbocycles. The molecule has 0 N–H and O–H groups in total. The molecule has 0 radical (unpaired) electrons. The number of hydrogen-bond acceptors (Lipinski definition) is 3. The Morgan fingerprint density at radius 3 is 2.23 bits per heavy atom. The van der Waals surface area contributed by atoms with Crippen molar-refractivity contribution >= 4 is 35.2 Å². The van der Waals surface area contributed by atoms with Crippen LogP contribution in [0.25, 0.3) is 6.08 Å². The van der Waals surface area contributed by atoms with Gasteiger partial charge in [0, 0.05) is 6.08 Å². The predicted molar refractivity (Wildman–Crippen MR) is 134 cm³/mol. The van der Waals surface area contributed by atoms with Gasteiger partial charge in [-0.05, 0) is 73.3 Å². The van der Waals surface area contributed by atoms with Crippen molar-refractivity contribution in [2.24, 2.45) is 0 Å². The Labute approximate surface area is 188 Å². The minimum atomic E-state index is -1.74. The molecule has 2 aliphatic carbocycles. The molecule has 0 saturated heterocycles. The van der Waals surface area contributed by atoms with Crippen LogP contribution in [0, 0.1) is 6.92 Å². The molecule has 166 valence electrons. The predicted octanol–water partition coefficient (Wildman–Crippen LogP) is 7.12. The molecule has 0 atom stereocenters. The molecule has 3 rings (SSSR count). The highest BCUT2D eigenvalue weighted by Crippen LogP contribution is 2.62. The zero-order valence-electron chi connectivity index (χ0n) is 18.9. The minimum Gasteiger partial charge on any atom is -0.463 e. The normalized spacial score (nSPS) is 19.3.